The molecule has 0 spiro atoms. The van der Waals surface area contributed by atoms with Gasteiger partial charge < -0.3 is 5.32 Å². The van der Waals surface area contributed by atoms with Crippen molar-refractivity contribution in [1.29, 1.82) is 0 Å². The summed E-state index contributed by atoms with van der Waals surface area (Å²) in [6.07, 6.45) is 7.11. The molecular formula is C11H23N. The van der Waals surface area contributed by atoms with Gasteiger partial charge in [-0.15, -0.1) is 0 Å². The Bertz CT molecular complexity index is 127. The topological polar surface area (TPSA) is 12.0 Å². The fourth-order valence-electron chi connectivity index (χ4n) is 2.57. The first kappa shape index (κ1) is 10.0. The minimum atomic E-state index is 0.671. The molecule has 1 aliphatic carbocycles. The van der Waals surface area contributed by atoms with E-state index >= 15 is 0 Å². The molecule has 0 aliphatic heterocycles. The lowest BCUT2D eigenvalue weighted by Crippen LogP contribution is -2.43. The Morgan fingerprint density at radius 3 is 2.42 bits per heavy atom. The summed E-state index contributed by atoms with van der Waals surface area (Å²) in [6.45, 7) is 5.95. The molecule has 1 nitrogen and oxygen atoms in total. The summed E-state index contributed by atoms with van der Waals surface area (Å²) in [5, 5.41) is 3.35. The molecule has 1 saturated carbocycles. The van der Waals surface area contributed by atoms with Gasteiger partial charge in [0, 0.05) is 6.54 Å². The van der Waals surface area contributed by atoms with Crippen molar-refractivity contribution < 1.29 is 0 Å². The Balaban J connectivity index is 2.41. The predicted octanol–water partition coefficient (Wildman–Crippen LogP) is 2.81. The Hall–Kier alpha value is -0.0400. The van der Waals surface area contributed by atoms with Crippen LogP contribution in [0, 0.1) is 11.3 Å². The van der Waals surface area contributed by atoms with E-state index in [1.54, 1.807) is 0 Å². The van der Waals surface area contributed by atoms with Crippen LogP contribution < -0.4 is 5.32 Å². The van der Waals surface area contributed by atoms with Crippen LogP contribution in [0.25, 0.3) is 0 Å². The Morgan fingerprint density at radius 2 is 2.08 bits per heavy atom. The van der Waals surface area contributed by atoms with E-state index in [1.165, 1.54) is 38.6 Å². The highest BCUT2D eigenvalue weighted by atomic mass is 14.8. The van der Waals surface area contributed by atoms with E-state index in [0.29, 0.717) is 5.41 Å². The second-order valence-electron chi connectivity index (χ2n) is 4.44. The van der Waals surface area contributed by atoms with Gasteiger partial charge in [-0.3, -0.25) is 0 Å². The van der Waals surface area contributed by atoms with Crippen molar-refractivity contribution in [1.82, 2.24) is 5.32 Å². The number of hydrogen-bond acceptors (Lipinski definition) is 1. The van der Waals surface area contributed by atoms with Crippen LogP contribution in [-0.4, -0.2) is 13.6 Å². The monoisotopic (exact) mass is 169 g/mol. The van der Waals surface area contributed by atoms with Crippen molar-refractivity contribution in [2.75, 3.05) is 13.6 Å². The number of nitrogens with one attached hydrogen (secondary N) is 1. The summed E-state index contributed by atoms with van der Waals surface area (Å²) in [4.78, 5) is 0. The second-order valence-corrected chi connectivity index (χ2v) is 4.44. The Kier molecular flexibility index (Phi) is 3.57. The van der Waals surface area contributed by atoms with Crippen molar-refractivity contribution in [2.45, 2.75) is 46.0 Å². The van der Waals surface area contributed by atoms with Crippen LogP contribution in [0.5, 0.6) is 0 Å². The average Bonchev–Trinajstić information content (AvgIpc) is 1.97. The van der Waals surface area contributed by atoms with Gasteiger partial charge in [-0.05, 0) is 31.2 Å². The predicted molar refractivity (Wildman–Crippen MR) is 54.3 cm³/mol. The molecule has 72 valence electrons. The van der Waals surface area contributed by atoms with Gasteiger partial charge in [0.2, 0.25) is 0 Å². The molecule has 1 aliphatic rings. The molecule has 1 rings (SSSR count). The number of rotatable bonds is 5. The largest absolute Gasteiger partial charge is 0.319 e. The zero-order valence-corrected chi connectivity index (χ0v) is 8.82. The molecule has 0 radical (unpaired) electrons. The van der Waals surface area contributed by atoms with Gasteiger partial charge in [-0.25, -0.2) is 0 Å². The van der Waals surface area contributed by atoms with Crippen LogP contribution in [0.3, 0.4) is 0 Å². The summed E-state index contributed by atoms with van der Waals surface area (Å²) in [5.41, 5.74) is 0.671. The molecule has 1 fully saturated rings. The van der Waals surface area contributed by atoms with Crippen molar-refractivity contribution in [3.63, 3.8) is 0 Å². The maximum Gasteiger partial charge on any atom is 0.000736 e. The van der Waals surface area contributed by atoms with Crippen LogP contribution in [0.2, 0.25) is 0 Å². The maximum absolute atomic E-state index is 3.35. The lowest BCUT2D eigenvalue weighted by Gasteiger charge is -2.47. The minimum Gasteiger partial charge on any atom is -0.319 e. The van der Waals surface area contributed by atoms with Crippen LogP contribution in [-0.2, 0) is 0 Å². The van der Waals surface area contributed by atoms with Gasteiger partial charge in [0.25, 0.3) is 0 Å². The maximum atomic E-state index is 3.35. The third-order valence-electron chi connectivity index (χ3n) is 3.65. The van der Waals surface area contributed by atoms with Crippen LogP contribution >= 0.6 is 0 Å². The van der Waals surface area contributed by atoms with Crippen LogP contribution in [0.15, 0.2) is 0 Å². The summed E-state index contributed by atoms with van der Waals surface area (Å²) < 4.78 is 0. The molecule has 0 aromatic heterocycles. The summed E-state index contributed by atoms with van der Waals surface area (Å²) in [5.74, 6) is 0.920. The lowest BCUT2D eigenvalue weighted by atomic mass is 9.60. The van der Waals surface area contributed by atoms with E-state index < -0.39 is 0 Å². The van der Waals surface area contributed by atoms with E-state index in [-0.39, 0.29) is 0 Å². The molecule has 0 aromatic rings. The van der Waals surface area contributed by atoms with Crippen molar-refractivity contribution in [2.24, 2.45) is 11.3 Å². The fourth-order valence-corrected chi connectivity index (χ4v) is 2.57. The highest BCUT2D eigenvalue weighted by Crippen LogP contribution is 2.47. The van der Waals surface area contributed by atoms with E-state index in [0.717, 1.165) is 5.92 Å². The standard InChI is InChI=1S/C11H23N/c1-4-6-10(2)11(9-12-3)7-5-8-11/h10,12H,4-9H2,1-3H3. The minimum absolute atomic E-state index is 0.671. The van der Waals surface area contributed by atoms with Crippen molar-refractivity contribution in [3.8, 4) is 0 Å². The molecule has 1 N–H and O–H groups in total. The van der Waals surface area contributed by atoms with Gasteiger partial charge in [-0.1, -0.05) is 33.1 Å². The normalized spacial score (nSPS) is 23.2. The van der Waals surface area contributed by atoms with E-state index in [9.17, 15) is 0 Å². The van der Waals surface area contributed by atoms with Gasteiger partial charge >= 0.3 is 0 Å². The molecule has 1 heteroatoms. The van der Waals surface area contributed by atoms with E-state index in [1.807, 2.05) is 0 Å². The molecule has 0 bridgehead atoms. The molecule has 0 amide bonds. The smallest absolute Gasteiger partial charge is 0.000736 e. The number of hydrogen-bond donors (Lipinski definition) is 1. The second kappa shape index (κ2) is 4.27. The van der Waals surface area contributed by atoms with Crippen molar-refractivity contribution >= 4 is 0 Å². The average molecular weight is 169 g/mol. The highest BCUT2D eigenvalue weighted by molar-refractivity contribution is 4.92. The van der Waals surface area contributed by atoms with Gasteiger partial charge in [0.05, 0.1) is 0 Å². The third-order valence-corrected chi connectivity index (χ3v) is 3.65. The quantitative estimate of drug-likeness (QED) is 0.667. The molecule has 0 aromatic carbocycles. The van der Waals surface area contributed by atoms with Gasteiger partial charge in [0.1, 0.15) is 0 Å². The molecule has 1 unspecified atom stereocenters. The molecule has 1 atom stereocenters. The molecular weight excluding hydrogens is 146 g/mol. The Morgan fingerprint density at radius 1 is 1.42 bits per heavy atom. The van der Waals surface area contributed by atoms with E-state index in [2.05, 4.69) is 26.2 Å². The van der Waals surface area contributed by atoms with Crippen molar-refractivity contribution in [3.05, 3.63) is 0 Å². The highest BCUT2D eigenvalue weighted by Gasteiger charge is 2.40. The summed E-state index contributed by atoms with van der Waals surface area (Å²) in [7, 11) is 2.08. The summed E-state index contributed by atoms with van der Waals surface area (Å²) >= 11 is 0. The third kappa shape index (κ3) is 1.82. The first-order chi connectivity index (χ1) is 5.75. The lowest BCUT2D eigenvalue weighted by molar-refractivity contribution is 0.0550. The van der Waals surface area contributed by atoms with Crippen LogP contribution in [0.4, 0.5) is 0 Å². The van der Waals surface area contributed by atoms with E-state index in [4.69, 9.17) is 0 Å². The fraction of sp³-hybridized carbons (Fsp3) is 1.00. The molecule has 12 heavy (non-hydrogen) atoms. The molecule has 0 heterocycles. The van der Waals surface area contributed by atoms with Gasteiger partial charge in [0.15, 0.2) is 0 Å². The van der Waals surface area contributed by atoms with Crippen LogP contribution in [0.1, 0.15) is 46.0 Å². The zero-order valence-electron chi connectivity index (χ0n) is 8.82. The zero-order chi connectivity index (χ0) is 9.03. The first-order valence-electron chi connectivity index (χ1n) is 5.40. The van der Waals surface area contributed by atoms with Gasteiger partial charge in [-0.2, -0.15) is 0 Å². The summed E-state index contributed by atoms with van der Waals surface area (Å²) in [6, 6.07) is 0. The Labute approximate surface area is 76.9 Å². The molecule has 0 saturated heterocycles. The first-order valence-corrected chi connectivity index (χ1v) is 5.40. The SMILES string of the molecule is CCCC(C)C1(CNC)CCC1.